The topological polar surface area (TPSA) is 154 Å². The Kier molecular flexibility index (Phi) is 5.96. The lowest BCUT2D eigenvalue weighted by Gasteiger charge is -2.09. The third-order valence-electron chi connectivity index (χ3n) is 4.31. The molecule has 0 saturated heterocycles. The third-order valence-corrected chi connectivity index (χ3v) is 4.31. The van der Waals surface area contributed by atoms with Crippen molar-refractivity contribution < 1.29 is 14.8 Å². The second-order valence-electron chi connectivity index (χ2n) is 6.45. The summed E-state index contributed by atoms with van der Waals surface area (Å²) < 4.78 is 0. The molecule has 156 valence electrons. The van der Waals surface area contributed by atoms with E-state index in [4.69, 9.17) is 0 Å². The van der Waals surface area contributed by atoms with Gasteiger partial charge in [-0.3, -0.25) is 35.3 Å². The number of aliphatic imine (C=N–C) groups is 1. The number of benzene rings is 3. The Hall–Kier alpha value is -4.67. The lowest BCUT2D eigenvalue weighted by molar-refractivity contribution is -0.393. The second kappa shape index (κ2) is 8.78. The summed E-state index contributed by atoms with van der Waals surface area (Å²) in [5.41, 5.74) is 1.59. The first kappa shape index (κ1) is 21.0. The molecule has 0 atom stereocenters. The minimum Gasteiger partial charge on any atom is -0.350 e. The Morgan fingerprint density at radius 1 is 0.839 bits per heavy atom. The number of hydrogen-bond donors (Lipinski definition) is 1. The SMILES string of the molecule is Cc1ccc(Nc2ccc([N+](=O)[O-])cc2[N+](=O)[O-])cc1N=Cc1cccc([N+](=O)[O-])c1. The lowest BCUT2D eigenvalue weighted by atomic mass is 10.1. The van der Waals surface area contributed by atoms with Crippen LogP contribution in [0.4, 0.5) is 34.1 Å². The Morgan fingerprint density at radius 3 is 2.23 bits per heavy atom. The van der Waals surface area contributed by atoms with E-state index in [0.29, 0.717) is 16.9 Å². The summed E-state index contributed by atoms with van der Waals surface area (Å²) in [5, 5.41) is 36.0. The van der Waals surface area contributed by atoms with Crippen LogP contribution in [0.3, 0.4) is 0 Å². The molecule has 0 spiro atoms. The molecule has 3 aromatic carbocycles. The molecule has 0 unspecified atom stereocenters. The minimum atomic E-state index is -0.705. The van der Waals surface area contributed by atoms with E-state index in [9.17, 15) is 30.3 Å². The van der Waals surface area contributed by atoms with Gasteiger partial charge in [0.05, 0.1) is 26.5 Å². The van der Waals surface area contributed by atoms with Crippen LogP contribution in [-0.2, 0) is 0 Å². The maximum Gasteiger partial charge on any atom is 0.299 e. The Morgan fingerprint density at radius 2 is 1.55 bits per heavy atom. The summed E-state index contributed by atoms with van der Waals surface area (Å²) in [4.78, 5) is 35.6. The molecule has 1 N–H and O–H groups in total. The minimum absolute atomic E-state index is 0.0541. The molecule has 11 nitrogen and oxygen atoms in total. The molecule has 3 aromatic rings. The van der Waals surface area contributed by atoms with Crippen molar-refractivity contribution in [3.63, 3.8) is 0 Å². The highest BCUT2D eigenvalue weighted by molar-refractivity contribution is 5.84. The van der Waals surface area contributed by atoms with Gasteiger partial charge in [-0.2, -0.15) is 0 Å². The van der Waals surface area contributed by atoms with Gasteiger partial charge in [0.2, 0.25) is 0 Å². The van der Waals surface area contributed by atoms with E-state index in [1.807, 2.05) is 6.92 Å². The van der Waals surface area contributed by atoms with Crippen LogP contribution in [0.25, 0.3) is 0 Å². The van der Waals surface area contributed by atoms with Gasteiger partial charge in [-0.05, 0) is 36.2 Å². The van der Waals surface area contributed by atoms with Crippen molar-refractivity contribution in [3.8, 4) is 0 Å². The standard InChI is InChI=1S/C20H15N5O6/c1-13-5-6-15(22-18-8-7-17(24(28)29)11-20(18)25(30)31)10-19(13)21-12-14-3-2-4-16(9-14)23(26)27/h2-12,22H,1H3. The van der Waals surface area contributed by atoms with Gasteiger partial charge in [-0.15, -0.1) is 0 Å². The van der Waals surface area contributed by atoms with Crippen molar-refractivity contribution in [1.82, 2.24) is 0 Å². The molecule has 0 bridgehead atoms. The summed E-state index contributed by atoms with van der Waals surface area (Å²) in [6.45, 7) is 1.82. The van der Waals surface area contributed by atoms with Gasteiger partial charge in [0.25, 0.3) is 17.1 Å². The molecule has 0 aliphatic carbocycles. The van der Waals surface area contributed by atoms with Crippen molar-refractivity contribution in [1.29, 1.82) is 0 Å². The van der Waals surface area contributed by atoms with Crippen molar-refractivity contribution >= 4 is 40.3 Å². The largest absolute Gasteiger partial charge is 0.350 e. The normalized spacial score (nSPS) is 10.7. The molecule has 11 heteroatoms. The molecule has 0 heterocycles. The molecule has 0 aliphatic rings. The van der Waals surface area contributed by atoms with Gasteiger partial charge >= 0.3 is 0 Å². The fourth-order valence-electron chi connectivity index (χ4n) is 2.73. The fourth-order valence-corrected chi connectivity index (χ4v) is 2.73. The van der Waals surface area contributed by atoms with Crippen LogP contribution >= 0.6 is 0 Å². The highest BCUT2D eigenvalue weighted by Gasteiger charge is 2.19. The fraction of sp³-hybridized carbons (Fsp3) is 0.0500. The number of aryl methyl sites for hydroxylation is 1. The zero-order valence-electron chi connectivity index (χ0n) is 16.1. The number of non-ortho nitro benzene ring substituents is 2. The van der Waals surface area contributed by atoms with Gasteiger partial charge in [-0.25, -0.2) is 0 Å². The maximum atomic E-state index is 11.3. The van der Waals surface area contributed by atoms with Gasteiger partial charge in [0.1, 0.15) is 5.69 Å². The quantitative estimate of drug-likeness (QED) is 0.312. The summed E-state index contributed by atoms with van der Waals surface area (Å²) >= 11 is 0. The van der Waals surface area contributed by atoms with Crippen molar-refractivity contribution in [3.05, 3.63) is 102 Å². The monoisotopic (exact) mass is 421 g/mol. The number of anilines is 2. The Bertz CT molecular complexity index is 1220. The number of hydrogen-bond acceptors (Lipinski definition) is 8. The van der Waals surface area contributed by atoms with Crippen LogP contribution in [0, 0.1) is 37.3 Å². The van der Waals surface area contributed by atoms with Gasteiger partial charge < -0.3 is 5.32 Å². The maximum absolute atomic E-state index is 11.3. The third kappa shape index (κ3) is 5.03. The van der Waals surface area contributed by atoms with E-state index in [2.05, 4.69) is 10.3 Å². The Labute approximate surface area is 175 Å². The number of rotatable bonds is 7. The van der Waals surface area contributed by atoms with Crippen LogP contribution in [-0.4, -0.2) is 21.0 Å². The number of nitro benzene ring substituents is 3. The number of nitrogens with one attached hydrogen (secondary N) is 1. The zero-order chi connectivity index (χ0) is 22.5. The first-order valence-electron chi connectivity index (χ1n) is 8.83. The Balaban J connectivity index is 1.90. The van der Waals surface area contributed by atoms with Gasteiger partial charge in [0, 0.05) is 30.1 Å². The predicted molar refractivity (Wildman–Crippen MR) is 115 cm³/mol. The summed E-state index contributed by atoms with van der Waals surface area (Å²) in [7, 11) is 0. The summed E-state index contributed by atoms with van der Waals surface area (Å²) in [6, 6.07) is 14.4. The van der Waals surface area contributed by atoms with Gasteiger partial charge in [0.15, 0.2) is 0 Å². The number of nitro groups is 3. The predicted octanol–water partition coefficient (Wildman–Crippen LogP) is 5.21. The molecule has 0 fully saturated rings. The van der Waals surface area contributed by atoms with Crippen LogP contribution in [0.1, 0.15) is 11.1 Å². The zero-order valence-corrected chi connectivity index (χ0v) is 16.1. The molecule has 0 amide bonds. The molecule has 0 saturated carbocycles. The van der Waals surface area contributed by atoms with Crippen molar-refractivity contribution in [2.24, 2.45) is 4.99 Å². The summed E-state index contributed by atoms with van der Waals surface area (Å²) in [5.74, 6) is 0. The smallest absolute Gasteiger partial charge is 0.299 e. The van der Waals surface area contributed by atoms with Gasteiger partial charge in [-0.1, -0.05) is 18.2 Å². The van der Waals surface area contributed by atoms with Crippen LogP contribution in [0.2, 0.25) is 0 Å². The van der Waals surface area contributed by atoms with E-state index < -0.39 is 20.5 Å². The van der Waals surface area contributed by atoms with Crippen LogP contribution in [0.5, 0.6) is 0 Å². The highest BCUT2D eigenvalue weighted by Crippen LogP contribution is 2.33. The summed E-state index contributed by atoms with van der Waals surface area (Å²) in [6.07, 6.45) is 1.48. The van der Waals surface area contributed by atoms with Crippen LogP contribution < -0.4 is 5.32 Å². The molecular weight excluding hydrogens is 406 g/mol. The van der Waals surface area contributed by atoms with E-state index in [1.165, 1.54) is 30.5 Å². The molecule has 3 rings (SSSR count). The van der Waals surface area contributed by atoms with Crippen molar-refractivity contribution in [2.75, 3.05) is 5.32 Å². The molecule has 0 aromatic heterocycles. The molecule has 31 heavy (non-hydrogen) atoms. The number of nitrogens with zero attached hydrogens (tertiary/aromatic N) is 4. The first-order chi connectivity index (χ1) is 14.7. The van der Waals surface area contributed by atoms with E-state index in [1.54, 1.807) is 30.3 Å². The molecular formula is C20H15N5O6. The van der Waals surface area contributed by atoms with Crippen molar-refractivity contribution in [2.45, 2.75) is 6.92 Å². The van der Waals surface area contributed by atoms with E-state index in [0.717, 1.165) is 11.6 Å². The highest BCUT2D eigenvalue weighted by atomic mass is 16.6. The molecule has 0 aliphatic heterocycles. The molecule has 0 radical (unpaired) electrons. The average Bonchev–Trinajstić information content (AvgIpc) is 2.74. The van der Waals surface area contributed by atoms with E-state index >= 15 is 0 Å². The van der Waals surface area contributed by atoms with E-state index in [-0.39, 0.29) is 17.1 Å². The first-order valence-corrected chi connectivity index (χ1v) is 8.83. The average molecular weight is 421 g/mol. The second-order valence-corrected chi connectivity index (χ2v) is 6.45. The van der Waals surface area contributed by atoms with Crippen LogP contribution in [0.15, 0.2) is 65.7 Å². The lowest BCUT2D eigenvalue weighted by Crippen LogP contribution is -1.99.